The summed E-state index contributed by atoms with van der Waals surface area (Å²) in [5.74, 6) is -2.57. The standard InChI is InChI=1S/C12H13FN2O6S/c13-9-7-8(15(18)19)4-5-11(9)22(20,21)14-6-2-1-3-10(14)12(16)17/h4-5,7,10H,1-3,6H2,(H,16,17). The van der Waals surface area contributed by atoms with Gasteiger partial charge in [-0.1, -0.05) is 0 Å². The van der Waals surface area contributed by atoms with Crippen molar-refractivity contribution >= 4 is 21.7 Å². The Kier molecular flexibility index (Phi) is 4.42. The number of nitro groups is 1. The van der Waals surface area contributed by atoms with Crippen molar-refractivity contribution in [3.8, 4) is 0 Å². The monoisotopic (exact) mass is 332 g/mol. The summed E-state index contributed by atoms with van der Waals surface area (Å²) in [6, 6.07) is 0.909. The molecule has 1 heterocycles. The third-order valence-electron chi connectivity index (χ3n) is 3.45. The summed E-state index contributed by atoms with van der Waals surface area (Å²) in [5, 5.41) is 19.7. The molecule has 1 unspecified atom stereocenters. The van der Waals surface area contributed by atoms with Crippen LogP contribution in [-0.2, 0) is 14.8 Å². The zero-order valence-electron chi connectivity index (χ0n) is 11.3. The molecule has 8 nitrogen and oxygen atoms in total. The molecule has 1 aromatic rings. The highest BCUT2D eigenvalue weighted by atomic mass is 32.2. The van der Waals surface area contributed by atoms with Gasteiger partial charge in [0.2, 0.25) is 10.0 Å². The van der Waals surface area contributed by atoms with Crippen LogP contribution in [-0.4, -0.2) is 41.3 Å². The Balaban J connectivity index is 2.45. The molecule has 2 rings (SSSR count). The number of carboxylic acid groups (broad SMARTS) is 1. The van der Waals surface area contributed by atoms with E-state index in [9.17, 15) is 27.7 Å². The number of hydrogen-bond donors (Lipinski definition) is 1. The number of carboxylic acids is 1. The number of hydrogen-bond acceptors (Lipinski definition) is 5. The highest BCUT2D eigenvalue weighted by Crippen LogP contribution is 2.28. The Morgan fingerprint density at radius 2 is 2.09 bits per heavy atom. The van der Waals surface area contributed by atoms with E-state index in [1.807, 2.05) is 0 Å². The molecule has 0 saturated carbocycles. The molecule has 0 amide bonds. The molecule has 0 spiro atoms. The largest absolute Gasteiger partial charge is 0.480 e. The zero-order chi connectivity index (χ0) is 16.5. The van der Waals surface area contributed by atoms with Crippen molar-refractivity contribution in [3.05, 3.63) is 34.1 Å². The molecule has 1 saturated heterocycles. The normalized spacial score (nSPS) is 19.8. The Labute approximate surface area is 125 Å². The Bertz CT molecular complexity index is 720. The Morgan fingerprint density at radius 3 is 2.64 bits per heavy atom. The number of nitro benzene ring substituents is 1. The van der Waals surface area contributed by atoms with Crippen molar-refractivity contribution in [1.82, 2.24) is 4.31 Å². The lowest BCUT2D eigenvalue weighted by Gasteiger charge is -2.31. The van der Waals surface area contributed by atoms with E-state index < -0.39 is 43.4 Å². The number of non-ortho nitro benzene ring substituents is 1. The van der Waals surface area contributed by atoms with E-state index in [0.717, 1.165) is 16.4 Å². The van der Waals surface area contributed by atoms with Gasteiger partial charge >= 0.3 is 5.97 Å². The minimum atomic E-state index is -4.37. The van der Waals surface area contributed by atoms with Crippen LogP contribution in [0.3, 0.4) is 0 Å². The molecule has 1 fully saturated rings. The van der Waals surface area contributed by atoms with E-state index in [-0.39, 0.29) is 13.0 Å². The first-order valence-electron chi connectivity index (χ1n) is 6.43. The van der Waals surface area contributed by atoms with Crippen LogP contribution in [0.5, 0.6) is 0 Å². The van der Waals surface area contributed by atoms with E-state index in [4.69, 9.17) is 5.11 Å². The van der Waals surface area contributed by atoms with E-state index in [1.54, 1.807) is 0 Å². The van der Waals surface area contributed by atoms with Crippen LogP contribution in [0.4, 0.5) is 10.1 Å². The molecule has 1 atom stereocenters. The molecule has 22 heavy (non-hydrogen) atoms. The summed E-state index contributed by atoms with van der Waals surface area (Å²) in [6.45, 7) is -0.0320. The third-order valence-corrected chi connectivity index (χ3v) is 5.39. The molecule has 120 valence electrons. The molecule has 1 aliphatic heterocycles. The molecule has 1 aromatic carbocycles. The number of nitrogens with zero attached hydrogens (tertiary/aromatic N) is 2. The Hall–Kier alpha value is -2.07. The van der Waals surface area contributed by atoms with Crippen LogP contribution in [0, 0.1) is 15.9 Å². The second-order valence-corrected chi connectivity index (χ2v) is 6.70. The predicted octanol–water partition coefficient (Wildman–Crippen LogP) is 1.36. The maximum atomic E-state index is 13.9. The number of rotatable bonds is 4. The van der Waals surface area contributed by atoms with Crippen LogP contribution >= 0.6 is 0 Å². The molecule has 0 radical (unpaired) electrons. The number of piperidine rings is 1. The van der Waals surface area contributed by atoms with Crippen molar-refractivity contribution in [2.45, 2.75) is 30.2 Å². The lowest BCUT2D eigenvalue weighted by atomic mass is 10.1. The van der Waals surface area contributed by atoms with Gasteiger partial charge < -0.3 is 5.11 Å². The van der Waals surface area contributed by atoms with Gasteiger partial charge in [-0.2, -0.15) is 4.31 Å². The number of carbonyl (C=O) groups is 1. The lowest BCUT2D eigenvalue weighted by molar-refractivity contribution is -0.385. The predicted molar refractivity (Wildman–Crippen MR) is 72.2 cm³/mol. The first-order valence-corrected chi connectivity index (χ1v) is 7.87. The zero-order valence-corrected chi connectivity index (χ0v) is 12.1. The van der Waals surface area contributed by atoms with Crippen molar-refractivity contribution in [3.63, 3.8) is 0 Å². The van der Waals surface area contributed by atoms with Crippen LogP contribution in [0.2, 0.25) is 0 Å². The summed E-state index contributed by atoms with van der Waals surface area (Å²) in [5.41, 5.74) is -0.579. The summed E-state index contributed by atoms with van der Waals surface area (Å²) < 4.78 is 39.6. The number of benzene rings is 1. The molecule has 0 aromatic heterocycles. The van der Waals surface area contributed by atoms with Crippen molar-refractivity contribution in [1.29, 1.82) is 0 Å². The fourth-order valence-corrected chi connectivity index (χ4v) is 4.08. The maximum Gasteiger partial charge on any atom is 0.322 e. The fraction of sp³-hybridized carbons (Fsp3) is 0.417. The van der Waals surface area contributed by atoms with E-state index in [1.165, 1.54) is 0 Å². The smallest absolute Gasteiger partial charge is 0.322 e. The first-order chi connectivity index (χ1) is 10.2. The minimum absolute atomic E-state index is 0.0320. The van der Waals surface area contributed by atoms with Gasteiger partial charge in [-0.3, -0.25) is 14.9 Å². The van der Waals surface area contributed by atoms with Gasteiger partial charge in [0.1, 0.15) is 16.8 Å². The van der Waals surface area contributed by atoms with Gasteiger partial charge in [0.05, 0.1) is 11.0 Å². The van der Waals surface area contributed by atoms with Crippen LogP contribution in [0.15, 0.2) is 23.1 Å². The fourth-order valence-electron chi connectivity index (χ4n) is 2.38. The van der Waals surface area contributed by atoms with E-state index in [2.05, 4.69) is 0 Å². The molecule has 1 N–H and O–H groups in total. The SMILES string of the molecule is O=C(O)C1CCCCN1S(=O)(=O)c1ccc([N+](=O)[O-])cc1F. The van der Waals surface area contributed by atoms with Crippen molar-refractivity contribution in [2.24, 2.45) is 0 Å². The van der Waals surface area contributed by atoms with Crippen molar-refractivity contribution in [2.75, 3.05) is 6.54 Å². The number of sulfonamides is 1. The summed E-state index contributed by atoms with van der Waals surface area (Å²) >= 11 is 0. The second-order valence-electron chi connectivity index (χ2n) is 4.84. The first kappa shape index (κ1) is 16.3. The van der Waals surface area contributed by atoms with Gasteiger partial charge in [0.15, 0.2) is 0 Å². The average Bonchev–Trinajstić information content (AvgIpc) is 2.46. The summed E-state index contributed by atoms with van der Waals surface area (Å²) in [4.78, 5) is 20.1. The van der Waals surface area contributed by atoms with Crippen LogP contribution in [0.1, 0.15) is 19.3 Å². The third kappa shape index (κ3) is 2.92. The van der Waals surface area contributed by atoms with Gasteiger partial charge in [-0.25, -0.2) is 12.8 Å². The quantitative estimate of drug-likeness (QED) is 0.657. The molecule has 10 heteroatoms. The minimum Gasteiger partial charge on any atom is -0.480 e. The van der Waals surface area contributed by atoms with Gasteiger partial charge in [-0.15, -0.1) is 0 Å². The number of halogens is 1. The second kappa shape index (κ2) is 5.97. The summed E-state index contributed by atoms with van der Waals surface area (Å²) in [6.07, 6.45) is 1.17. The molecule has 0 aliphatic carbocycles. The topological polar surface area (TPSA) is 118 Å². The Morgan fingerprint density at radius 1 is 1.41 bits per heavy atom. The van der Waals surface area contributed by atoms with E-state index >= 15 is 0 Å². The average molecular weight is 332 g/mol. The highest BCUT2D eigenvalue weighted by molar-refractivity contribution is 7.89. The molecule has 1 aliphatic rings. The highest BCUT2D eigenvalue weighted by Gasteiger charge is 2.39. The maximum absolute atomic E-state index is 13.9. The van der Waals surface area contributed by atoms with Gasteiger partial charge in [0, 0.05) is 12.6 Å². The van der Waals surface area contributed by atoms with Crippen LogP contribution < -0.4 is 0 Å². The molecule has 0 bridgehead atoms. The molecular weight excluding hydrogens is 319 g/mol. The number of aliphatic carboxylic acids is 1. The van der Waals surface area contributed by atoms with Gasteiger partial charge in [0.25, 0.3) is 5.69 Å². The van der Waals surface area contributed by atoms with Crippen molar-refractivity contribution < 1.29 is 27.6 Å². The van der Waals surface area contributed by atoms with Crippen LogP contribution in [0.25, 0.3) is 0 Å². The molecular formula is C12H13FN2O6S. The van der Waals surface area contributed by atoms with Gasteiger partial charge in [-0.05, 0) is 25.3 Å². The van der Waals surface area contributed by atoms with E-state index in [0.29, 0.717) is 18.9 Å². The summed E-state index contributed by atoms with van der Waals surface area (Å²) in [7, 11) is -4.37. The lowest BCUT2D eigenvalue weighted by Crippen LogP contribution is -2.48.